The van der Waals surface area contributed by atoms with Gasteiger partial charge in [0.1, 0.15) is 0 Å². The number of nitrogens with two attached hydrogens (primary N) is 1. The van der Waals surface area contributed by atoms with E-state index in [1.54, 1.807) is 0 Å². The van der Waals surface area contributed by atoms with Gasteiger partial charge in [0.2, 0.25) is 0 Å². The quantitative estimate of drug-likeness (QED) is 0.649. The third-order valence-corrected chi connectivity index (χ3v) is 1.43. The van der Waals surface area contributed by atoms with E-state index >= 15 is 0 Å². The van der Waals surface area contributed by atoms with Gasteiger partial charge in [-0.3, -0.25) is 0 Å². The summed E-state index contributed by atoms with van der Waals surface area (Å²) in [6.45, 7) is 2.37. The average molecular weight is 168 g/mol. The lowest BCUT2D eigenvalue weighted by Crippen LogP contribution is -2.20. The van der Waals surface area contributed by atoms with Gasteiger partial charge in [-0.15, -0.1) is 12.4 Å². The molecule has 1 unspecified atom stereocenters. The Balaban J connectivity index is 0. The van der Waals surface area contributed by atoms with Crippen LogP contribution >= 0.6 is 12.4 Å². The van der Waals surface area contributed by atoms with Crippen LogP contribution in [-0.2, 0) is 0 Å². The van der Waals surface area contributed by atoms with Crippen molar-refractivity contribution in [1.82, 2.24) is 0 Å². The Hall–Kier alpha value is 0.210. The van der Waals surface area contributed by atoms with Gasteiger partial charge in [-0.25, -0.2) is 0 Å². The number of rotatable bonds is 5. The normalized spacial score (nSPS) is 12.3. The number of unbranched alkanes of at least 4 members (excludes halogenated alkanes) is 1. The van der Waals surface area contributed by atoms with E-state index in [0.717, 1.165) is 12.8 Å². The molecule has 2 nitrogen and oxygen atoms in total. The highest BCUT2D eigenvalue weighted by Gasteiger charge is 1.98. The molecule has 0 bridgehead atoms. The van der Waals surface area contributed by atoms with E-state index in [1.807, 2.05) is 0 Å². The lowest BCUT2D eigenvalue weighted by atomic mass is 10.1. The highest BCUT2D eigenvalue weighted by molar-refractivity contribution is 5.85. The van der Waals surface area contributed by atoms with Crippen molar-refractivity contribution in [2.24, 2.45) is 5.73 Å². The summed E-state index contributed by atoms with van der Waals surface area (Å²) in [5.41, 5.74) is 5.61. The zero-order valence-corrected chi connectivity index (χ0v) is 7.36. The third kappa shape index (κ3) is 8.21. The molecule has 0 aliphatic carbocycles. The predicted molar refractivity (Wildman–Crippen MR) is 46.5 cm³/mol. The molecule has 0 heterocycles. The summed E-state index contributed by atoms with van der Waals surface area (Å²) < 4.78 is 0. The fourth-order valence-corrected chi connectivity index (χ4v) is 0.776. The van der Waals surface area contributed by atoms with Crippen LogP contribution in [0.5, 0.6) is 0 Å². The van der Waals surface area contributed by atoms with Gasteiger partial charge in [-0.1, -0.05) is 19.8 Å². The molecule has 0 radical (unpaired) electrons. The predicted octanol–water partition coefficient (Wildman–Crippen LogP) is 1.31. The van der Waals surface area contributed by atoms with Crippen molar-refractivity contribution in [2.45, 2.75) is 38.6 Å². The van der Waals surface area contributed by atoms with E-state index < -0.39 is 0 Å². The van der Waals surface area contributed by atoms with Crippen LogP contribution in [0.25, 0.3) is 0 Å². The second-order valence-electron chi connectivity index (χ2n) is 2.41. The smallest absolute Gasteiger partial charge is 0.0445 e. The fourth-order valence-electron chi connectivity index (χ4n) is 0.776. The first-order valence-corrected chi connectivity index (χ1v) is 3.67. The lowest BCUT2D eigenvalue weighted by Gasteiger charge is -2.06. The van der Waals surface area contributed by atoms with Crippen molar-refractivity contribution in [3.63, 3.8) is 0 Å². The maximum Gasteiger partial charge on any atom is 0.0445 e. The second kappa shape index (κ2) is 9.21. The van der Waals surface area contributed by atoms with E-state index in [0.29, 0.717) is 0 Å². The van der Waals surface area contributed by atoms with E-state index in [4.69, 9.17) is 10.8 Å². The first-order chi connectivity index (χ1) is 4.31. The summed E-state index contributed by atoms with van der Waals surface area (Å²) in [6.07, 6.45) is 4.18. The number of aliphatic hydroxyl groups is 1. The molecule has 64 valence electrons. The van der Waals surface area contributed by atoms with Crippen LogP contribution < -0.4 is 5.73 Å². The van der Waals surface area contributed by atoms with Crippen molar-refractivity contribution in [3.05, 3.63) is 0 Å². The molecule has 0 aliphatic rings. The minimum atomic E-state index is 0. The van der Waals surface area contributed by atoms with Crippen LogP contribution in [0.15, 0.2) is 0 Å². The van der Waals surface area contributed by atoms with Gasteiger partial charge >= 0.3 is 0 Å². The highest BCUT2D eigenvalue weighted by atomic mass is 35.5. The Labute approximate surface area is 69.2 Å². The van der Waals surface area contributed by atoms with E-state index in [1.165, 1.54) is 12.8 Å². The lowest BCUT2D eigenvalue weighted by molar-refractivity contribution is 0.272. The van der Waals surface area contributed by atoms with Crippen LogP contribution in [0.4, 0.5) is 0 Å². The monoisotopic (exact) mass is 167 g/mol. The summed E-state index contributed by atoms with van der Waals surface area (Å²) in [7, 11) is 0. The van der Waals surface area contributed by atoms with Gasteiger partial charge in [0.05, 0.1) is 0 Å². The Kier molecular flexibility index (Phi) is 11.8. The molecule has 10 heavy (non-hydrogen) atoms. The topological polar surface area (TPSA) is 46.2 Å². The Morgan fingerprint density at radius 2 is 2.00 bits per heavy atom. The van der Waals surface area contributed by atoms with Crippen molar-refractivity contribution >= 4 is 12.4 Å². The summed E-state index contributed by atoms with van der Waals surface area (Å²) in [5.74, 6) is 0. The molecule has 0 amide bonds. The summed E-state index contributed by atoms with van der Waals surface area (Å²) in [6, 6.07) is 0.218. The number of aliphatic hydroxyl groups excluding tert-OH is 1. The van der Waals surface area contributed by atoms with E-state index in [-0.39, 0.29) is 25.1 Å². The molecule has 3 heteroatoms. The maximum atomic E-state index is 8.46. The molecule has 0 aliphatic heterocycles. The molecular weight excluding hydrogens is 150 g/mol. The minimum Gasteiger partial charge on any atom is -0.396 e. The van der Waals surface area contributed by atoms with Crippen LogP contribution in [0.2, 0.25) is 0 Å². The van der Waals surface area contributed by atoms with Crippen LogP contribution in [0, 0.1) is 0 Å². The van der Waals surface area contributed by atoms with Crippen molar-refractivity contribution in [2.75, 3.05) is 6.61 Å². The molecule has 0 aromatic heterocycles. The second-order valence-corrected chi connectivity index (χ2v) is 2.41. The van der Waals surface area contributed by atoms with Crippen molar-refractivity contribution in [1.29, 1.82) is 0 Å². The van der Waals surface area contributed by atoms with Crippen LogP contribution in [-0.4, -0.2) is 17.8 Å². The molecule has 3 N–H and O–H groups in total. The maximum absolute atomic E-state index is 8.46. The van der Waals surface area contributed by atoms with Gasteiger partial charge in [0.25, 0.3) is 0 Å². The Bertz CT molecular complexity index is 61.6. The van der Waals surface area contributed by atoms with Crippen molar-refractivity contribution < 1.29 is 5.11 Å². The number of hydrogen-bond acceptors (Lipinski definition) is 2. The fraction of sp³-hybridized carbons (Fsp3) is 1.00. The summed E-state index contributed by atoms with van der Waals surface area (Å²) >= 11 is 0. The zero-order chi connectivity index (χ0) is 7.11. The molecule has 0 rings (SSSR count). The van der Waals surface area contributed by atoms with Crippen LogP contribution in [0.1, 0.15) is 32.6 Å². The molecule has 0 spiro atoms. The molecule has 0 saturated heterocycles. The van der Waals surface area contributed by atoms with Gasteiger partial charge in [-0.2, -0.15) is 0 Å². The van der Waals surface area contributed by atoms with Gasteiger partial charge in [-0.05, 0) is 12.8 Å². The van der Waals surface area contributed by atoms with Gasteiger partial charge in [0, 0.05) is 12.6 Å². The zero-order valence-electron chi connectivity index (χ0n) is 6.55. The standard InChI is InChI=1S/C7H17NO.ClH/c1-2-3-4-7(8)5-6-9;/h7,9H,2-6,8H2,1H3;1H. The van der Waals surface area contributed by atoms with Crippen LogP contribution in [0.3, 0.4) is 0 Å². The minimum absolute atomic E-state index is 0. The SMILES string of the molecule is CCCCC(N)CCO.Cl. The molecule has 0 saturated carbocycles. The summed E-state index contributed by atoms with van der Waals surface area (Å²) in [5, 5.41) is 8.46. The Morgan fingerprint density at radius 1 is 1.40 bits per heavy atom. The van der Waals surface area contributed by atoms with E-state index in [9.17, 15) is 0 Å². The number of hydrogen-bond donors (Lipinski definition) is 2. The molecular formula is C7H18ClNO. The third-order valence-electron chi connectivity index (χ3n) is 1.43. The number of halogens is 1. The Morgan fingerprint density at radius 3 is 2.40 bits per heavy atom. The molecule has 0 aromatic carbocycles. The highest BCUT2D eigenvalue weighted by Crippen LogP contribution is 2.00. The van der Waals surface area contributed by atoms with Gasteiger partial charge in [0.15, 0.2) is 0 Å². The molecule has 0 fully saturated rings. The molecule has 1 atom stereocenters. The average Bonchev–Trinajstić information content (AvgIpc) is 1.85. The summed E-state index contributed by atoms with van der Waals surface area (Å²) in [4.78, 5) is 0. The first kappa shape index (κ1) is 12.8. The first-order valence-electron chi connectivity index (χ1n) is 3.67. The molecule has 0 aromatic rings. The van der Waals surface area contributed by atoms with Gasteiger partial charge < -0.3 is 10.8 Å². The van der Waals surface area contributed by atoms with Crippen molar-refractivity contribution in [3.8, 4) is 0 Å². The van der Waals surface area contributed by atoms with E-state index in [2.05, 4.69) is 6.92 Å². The largest absolute Gasteiger partial charge is 0.396 e.